The van der Waals surface area contributed by atoms with E-state index in [0.29, 0.717) is 12.2 Å². The average molecular weight is 332 g/mol. The third-order valence-electron chi connectivity index (χ3n) is 4.13. The normalized spacial score (nSPS) is 16.2. The quantitative estimate of drug-likeness (QED) is 0.877. The van der Waals surface area contributed by atoms with Crippen LogP contribution in [0.15, 0.2) is 30.5 Å². The van der Waals surface area contributed by atoms with Crippen molar-refractivity contribution in [1.82, 2.24) is 19.0 Å². The van der Waals surface area contributed by atoms with Gasteiger partial charge in [-0.1, -0.05) is 18.2 Å². The molecule has 1 aromatic carbocycles. The Morgan fingerprint density at radius 2 is 2.17 bits per heavy atom. The number of rotatable bonds is 6. The maximum absolute atomic E-state index is 12.2. The molecule has 0 saturated carbocycles. The molecule has 6 nitrogen and oxygen atoms in total. The summed E-state index contributed by atoms with van der Waals surface area (Å²) in [6.07, 6.45) is 3.87. The van der Waals surface area contributed by atoms with Gasteiger partial charge in [-0.3, -0.25) is 9.69 Å². The number of methoxy groups -OCH3 is 1. The van der Waals surface area contributed by atoms with Crippen molar-refractivity contribution < 1.29 is 9.53 Å². The Hall–Kier alpha value is -1.99. The molecule has 1 aliphatic heterocycles. The van der Waals surface area contributed by atoms with Gasteiger partial charge < -0.3 is 10.1 Å². The summed E-state index contributed by atoms with van der Waals surface area (Å²) in [7, 11) is 1.68. The zero-order valence-corrected chi connectivity index (χ0v) is 13.9. The van der Waals surface area contributed by atoms with Crippen molar-refractivity contribution in [3.8, 4) is 5.75 Å². The van der Waals surface area contributed by atoms with Crippen molar-refractivity contribution in [2.24, 2.45) is 0 Å². The summed E-state index contributed by atoms with van der Waals surface area (Å²) in [5.74, 6) is 0.673. The summed E-state index contributed by atoms with van der Waals surface area (Å²) in [6.45, 7) is 2.60. The SMILES string of the molecule is COc1ccccc1C(CNC(=O)c1cnsn1)N1CCCC1. The number of carbonyl (C=O) groups is 1. The standard InChI is InChI=1S/C16H20N4O2S/c1-22-15-7-3-2-6-12(15)14(20-8-4-5-9-20)11-17-16(21)13-10-18-23-19-13/h2-3,6-7,10,14H,4-5,8-9,11H2,1H3,(H,17,21). The van der Waals surface area contributed by atoms with Crippen LogP contribution < -0.4 is 10.1 Å². The van der Waals surface area contributed by atoms with E-state index in [1.807, 2.05) is 18.2 Å². The zero-order valence-electron chi connectivity index (χ0n) is 13.1. The van der Waals surface area contributed by atoms with Gasteiger partial charge in [0.25, 0.3) is 5.91 Å². The van der Waals surface area contributed by atoms with Crippen LogP contribution in [-0.4, -0.2) is 46.3 Å². The number of hydrogen-bond acceptors (Lipinski definition) is 6. The lowest BCUT2D eigenvalue weighted by atomic mass is 10.0. The van der Waals surface area contributed by atoms with Crippen LogP contribution in [0.2, 0.25) is 0 Å². The largest absolute Gasteiger partial charge is 0.496 e. The van der Waals surface area contributed by atoms with Crippen LogP contribution in [-0.2, 0) is 0 Å². The number of carbonyl (C=O) groups excluding carboxylic acids is 1. The molecule has 1 N–H and O–H groups in total. The van der Waals surface area contributed by atoms with E-state index in [2.05, 4.69) is 25.0 Å². The minimum atomic E-state index is -0.183. The highest BCUT2D eigenvalue weighted by Gasteiger charge is 2.26. The lowest BCUT2D eigenvalue weighted by Gasteiger charge is -2.29. The summed E-state index contributed by atoms with van der Waals surface area (Å²) in [5, 5.41) is 2.98. The molecule has 3 rings (SSSR count). The number of nitrogens with zero attached hydrogens (tertiary/aromatic N) is 3. The number of para-hydroxylation sites is 1. The van der Waals surface area contributed by atoms with Gasteiger partial charge in [-0.05, 0) is 32.0 Å². The Kier molecular flexibility index (Phi) is 5.19. The molecule has 1 aliphatic rings. The van der Waals surface area contributed by atoms with Crippen LogP contribution in [0, 0.1) is 0 Å². The fourth-order valence-corrected chi connectivity index (χ4v) is 3.39. The molecular formula is C16H20N4O2S. The molecule has 23 heavy (non-hydrogen) atoms. The Balaban J connectivity index is 1.77. The van der Waals surface area contributed by atoms with Crippen LogP contribution in [0.1, 0.15) is 34.9 Å². The fourth-order valence-electron chi connectivity index (χ4n) is 2.98. The van der Waals surface area contributed by atoms with Gasteiger partial charge in [0.15, 0.2) is 5.69 Å². The fraction of sp³-hybridized carbons (Fsp3) is 0.438. The van der Waals surface area contributed by atoms with E-state index in [9.17, 15) is 4.79 Å². The first-order chi connectivity index (χ1) is 11.3. The summed E-state index contributed by atoms with van der Waals surface area (Å²) >= 11 is 1.04. The van der Waals surface area contributed by atoms with E-state index < -0.39 is 0 Å². The molecule has 0 bridgehead atoms. The highest BCUT2D eigenvalue weighted by molar-refractivity contribution is 6.99. The molecule has 1 aromatic heterocycles. The molecule has 0 spiro atoms. The number of hydrogen-bond donors (Lipinski definition) is 1. The second kappa shape index (κ2) is 7.52. The van der Waals surface area contributed by atoms with E-state index in [1.54, 1.807) is 7.11 Å². The van der Waals surface area contributed by atoms with E-state index >= 15 is 0 Å². The molecule has 0 aliphatic carbocycles. The van der Waals surface area contributed by atoms with Gasteiger partial charge in [0.2, 0.25) is 0 Å². The topological polar surface area (TPSA) is 67.3 Å². The number of aromatic nitrogens is 2. The van der Waals surface area contributed by atoms with Crippen molar-refractivity contribution in [2.75, 3.05) is 26.7 Å². The number of benzene rings is 1. The molecular weight excluding hydrogens is 312 g/mol. The number of amides is 1. The summed E-state index contributed by atoms with van der Waals surface area (Å²) in [4.78, 5) is 14.6. The van der Waals surface area contributed by atoms with Crippen LogP contribution in [0.25, 0.3) is 0 Å². The zero-order chi connectivity index (χ0) is 16.1. The summed E-state index contributed by atoms with van der Waals surface area (Å²) in [6, 6.07) is 8.10. The molecule has 2 aromatic rings. The molecule has 7 heteroatoms. The maximum Gasteiger partial charge on any atom is 0.272 e. The van der Waals surface area contributed by atoms with Gasteiger partial charge >= 0.3 is 0 Å². The van der Waals surface area contributed by atoms with E-state index in [4.69, 9.17) is 4.74 Å². The lowest BCUT2D eigenvalue weighted by molar-refractivity contribution is 0.0933. The van der Waals surface area contributed by atoms with Gasteiger partial charge in [-0.15, -0.1) is 0 Å². The Morgan fingerprint density at radius 3 is 2.87 bits per heavy atom. The highest BCUT2D eigenvalue weighted by atomic mass is 32.1. The van der Waals surface area contributed by atoms with Crippen LogP contribution in [0.3, 0.4) is 0 Å². The minimum Gasteiger partial charge on any atom is -0.496 e. The summed E-state index contributed by atoms with van der Waals surface area (Å²) < 4.78 is 13.4. The first-order valence-corrected chi connectivity index (χ1v) is 8.45. The average Bonchev–Trinajstić information content (AvgIpc) is 3.29. The van der Waals surface area contributed by atoms with Crippen molar-refractivity contribution >= 4 is 17.6 Å². The van der Waals surface area contributed by atoms with Crippen LogP contribution in [0.5, 0.6) is 5.75 Å². The van der Waals surface area contributed by atoms with Crippen LogP contribution in [0.4, 0.5) is 0 Å². The third kappa shape index (κ3) is 3.68. The van der Waals surface area contributed by atoms with Gasteiger partial charge in [0.1, 0.15) is 5.75 Å². The number of nitrogens with one attached hydrogen (secondary N) is 1. The summed E-state index contributed by atoms with van der Waals surface area (Å²) in [5.41, 5.74) is 1.48. The Labute approximate surface area is 139 Å². The second-order valence-electron chi connectivity index (χ2n) is 5.50. The van der Waals surface area contributed by atoms with Crippen molar-refractivity contribution in [3.05, 3.63) is 41.7 Å². The molecule has 1 amide bonds. The van der Waals surface area contributed by atoms with Crippen molar-refractivity contribution in [1.29, 1.82) is 0 Å². The Morgan fingerprint density at radius 1 is 1.39 bits per heavy atom. The highest BCUT2D eigenvalue weighted by Crippen LogP contribution is 2.31. The Bertz CT molecular complexity index is 641. The second-order valence-corrected chi connectivity index (χ2v) is 6.06. The lowest BCUT2D eigenvalue weighted by Crippen LogP contribution is -2.37. The minimum absolute atomic E-state index is 0.101. The van der Waals surface area contributed by atoms with Gasteiger partial charge in [-0.25, -0.2) is 0 Å². The van der Waals surface area contributed by atoms with Gasteiger partial charge in [0.05, 0.1) is 31.1 Å². The van der Waals surface area contributed by atoms with Gasteiger partial charge in [0, 0.05) is 12.1 Å². The predicted molar refractivity (Wildman–Crippen MR) is 88.8 cm³/mol. The molecule has 1 fully saturated rings. The smallest absolute Gasteiger partial charge is 0.272 e. The molecule has 0 radical (unpaired) electrons. The van der Waals surface area contributed by atoms with Crippen molar-refractivity contribution in [2.45, 2.75) is 18.9 Å². The molecule has 122 valence electrons. The van der Waals surface area contributed by atoms with Crippen LogP contribution >= 0.6 is 11.7 Å². The van der Waals surface area contributed by atoms with E-state index in [1.165, 1.54) is 19.0 Å². The molecule has 1 unspecified atom stereocenters. The third-order valence-corrected chi connectivity index (χ3v) is 4.61. The number of ether oxygens (including phenoxy) is 1. The predicted octanol–water partition coefficient (Wildman–Crippen LogP) is 2.11. The maximum atomic E-state index is 12.2. The first-order valence-electron chi connectivity index (χ1n) is 7.72. The molecule has 1 saturated heterocycles. The number of likely N-dealkylation sites (tertiary alicyclic amines) is 1. The molecule has 1 atom stereocenters. The van der Waals surface area contributed by atoms with E-state index in [0.717, 1.165) is 36.1 Å². The van der Waals surface area contributed by atoms with Crippen molar-refractivity contribution in [3.63, 3.8) is 0 Å². The van der Waals surface area contributed by atoms with E-state index in [-0.39, 0.29) is 11.9 Å². The van der Waals surface area contributed by atoms with Gasteiger partial charge in [-0.2, -0.15) is 8.75 Å². The molecule has 2 heterocycles. The monoisotopic (exact) mass is 332 g/mol. The first kappa shape index (κ1) is 15.9.